The van der Waals surface area contributed by atoms with E-state index in [9.17, 15) is 14.4 Å². The molecule has 0 aliphatic heterocycles. The fourth-order valence-corrected chi connectivity index (χ4v) is 3.27. The Bertz CT molecular complexity index is 1090. The molecule has 0 aliphatic rings. The van der Waals surface area contributed by atoms with Crippen LogP contribution >= 0.6 is 11.6 Å². The molecular formula is C25H24ClN3O3. The summed E-state index contributed by atoms with van der Waals surface area (Å²) in [5, 5.41) is 8.80. The lowest BCUT2D eigenvalue weighted by Crippen LogP contribution is -2.31. The average molecular weight is 450 g/mol. The number of amides is 3. The van der Waals surface area contributed by atoms with Crippen molar-refractivity contribution in [3.8, 4) is 0 Å². The number of carbonyl (C=O) groups excluding carboxylic acids is 3. The summed E-state index contributed by atoms with van der Waals surface area (Å²) in [5.41, 5.74) is 2.23. The first-order valence-corrected chi connectivity index (χ1v) is 10.6. The van der Waals surface area contributed by atoms with Gasteiger partial charge in [-0.05, 0) is 35.9 Å². The molecule has 3 aromatic carbocycles. The molecule has 0 bridgehead atoms. The summed E-state index contributed by atoms with van der Waals surface area (Å²) in [6.07, 6.45) is 0.342. The van der Waals surface area contributed by atoms with Gasteiger partial charge in [0.2, 0.25) is 11.8 Å². The number of benzene rings is 3. The second-order valence-corrected chi connectivity index (χ2v) is 7.56. The molecule has 0 radical (unpaired) electrons. The van der Waals surface area contributed by atoms with Gasteiger partial charge in [0, 0.05) is 17.7 Å². The maximum Gasteiger partial charge on any atom is 0.251 e. The molecule has 0 saturated carbocycles. The van der Waals surface area contributed by atoms with Crippen molar-refractivity contribution in [1.82, 2.24) is 5.32 Å². The van der Waals surface area contributed by atoms with Crippen LogP contribution in [0.4, 0.5) is 11.4 Å². The lowest BCUT2D eigenvalue weighted by molar-refractivity contribution is -0.117. The summed E-state index contributed by atoms with van der Waals surface area (Å²) in [5.74, 6) is -0.736. The molecule has 7 heteroatoms. The molecule has 164 valence electrons. The van der Waals surface area contributed by atoms with Gasteiger partial charge < -0.3 is 16.0 Å². The second-order valence-electron chi connectivity index (χ2n) is 7.15. The van der Waals surface area contributed by atoms with Gasteiger partial charge in [-0.1, -0.05) is 67.1 Å². The Kier molecular flexibility index (Phi) is 8.00. The number of rotatable bonds is 8. The highest BCUT2D eigenvalue weighted by Gasteiger charge is 2.20. The first-order valence-electron chi connectivity index (χ1n) is 10.3. The molecule has 6 nitrogen and oxygen atoms in total. The summed E-state index contributed by atoms with van der Waals surface area (Å²) in [7, 11) is 0. The zero-order valence-corrected chi connectivity index (χ0v) is 18.4. The van der Waals surface area contributed by atoms with Gasteiger partial charge in [-0.25, -0.2) is 0 Å². The van der Waals surface area contributed by atoms with Crippen molar-refractivity contribution in [2.24, 2.45) is 0 Å². The van der Waals surface area contributed by atoms with Crippen LogP contribution in [0.25, 0.3) is 0 Å². The first kappa shape index (κ1) is 23.0. The van der Waals surface area contributed by atoms with E-state index < -0.39 is 6.04 Å². The number of carbonyl (C=O) groups is 3. The highest BCUT2D eigenvalue weighted by Crippen LogP contribution is 2.27. The molecule has 3 rings (SSSR count). The van der Waals surface area contributed by atoms with E-state index >= 15 is 0 Å². The average Bonchev–Trinajstić information content (AvgIpc) is 2.81. The summed E-state index contributed by atoms with van der Waals surface area (Å²) in [4.78, 5) is 37.2. The molecule has 0 aromatic heterocycles. The van der Waals surface area contributed by atoms with Crippen LogP contribution < -0.4 is 16.0 Å². The number of halogens is 1. The number of nitrogens with one attached hydrogen (secondary N) is 3. The number of hydrogen-bond acceptors (Lipinski definition) is 3. The van der Waals surface area contributed by atoms with Crippen LogP contribution in [0.2, 0.25) is 5.02 Å². The van der Waals surface area contributed by atoms with Gasteiger partial charge >= 0.3 is 0 Å². The second kappa shape index (κ2) is 11.1. The van der Waals surface area contributed by atoms with Crippen LogP contribution in [0.15, 0.2) is 78.9 Å². The molecule has 0 saturated heterocycles. The molecular weight excluding hydrogens is 426 g/mol. The molecule has 32 heavy (non-hydrogen) atoms. The summed E-state index contributed by atoms with van der Waals surface area (Å²) >= 11 is 6.23. The van der Waals surface area contributed by atoms with Crippen LogP contribution in [-0.2, 0) is 9.59 Å². The predicted octanol–water partition coefficient (Wildman–Crippen LogP) is 5.19. The summed E-state index contributed by atoms with van der Waals surface area (Å²) in [6.45, 7) is 1.75. The zero-order valence-electron chi connectivity index (χ0n) is 17.6. The first-order chi connectivity index (χ1) is 15.5. The van der Waals surface area contributed by atoms with E-state index in [0.29, 0.717) is 28.4 Å². The van der Waals surface area contributed by atoms with E-state index in [2.05, 4.69) is 16.0 Å². The molecule has 3 amide bonds. The van der Waals surface area contributed by atoms with E-state index in [4.69, 9.17) is 11.6 Å². The molecule has 1 unspecified atom stereocenters. The zero-order chi connectivity index (χ0) is 22.9. The molecule has 3 aromatic rings. The summed E-state index contributed by atoms with van der Waals surface area (Å²) in [6, 6.07) is 22.5. The maximum atomic E-state index is 12.8. The Morgan fingerprint density at radius 1 is 0.844 bits per heavy atom. The van der Waals surface area contributed by atoms with Crippen molar-refractivity contribution in [2.45, 2.75) is 25.8 Å². The van der Waals surface area contributed by atoms with E-state index in [1.165, 1.54) is 0 Å². The third kappa shape index (κ3) is 6.43. The van der Waals surface area contributed by atoms with Crippen LogP contribution in [0.1, 0.15) is 41.7 Å². The van der Waals surface area contributed by atoms with Crippen molar-refractivity contribution in [3.63, 3.8) is 0 Å². The molecule has 0 aliphatic carbocycles. The SMILES string of the molecule is CCC(=O)Nc1ccc(Cl)c(NC(=O)CC(NC(=O)c2ccccc2)c2ccccc2)c1. The Balaban J connectivity index is 1.75. The normalized spacial score (nSPS) is 11.3. The summed E-state index contributed by atoms with van der Waals surface area (Å²) < 4.78 is 0. The topological polar surface area (TPSA) is 87.3 Å². The third-order valence-electron chi connectivity index (χ3n) is 4.78. The van der Waals surface area contributed by atoms with Gasteiger partial charge in [0.25, 0.3) is 5.91 Å². The van der Waals surface area contributed by atoms with Crippen LogP contribution in [0.5, 0.6) is 0 Å². The van der Waals surface area contributed by atoms with Gasteiger partial charge in [0.1, 0.15) is 0 Å². The highest BCUT2D eigenvalue weighted by molar-refractivity contribution is 6.33. The molecule has 0 spiro atoms. The van der Waals surface area contributed by atoms with Crippen molar-refractivity contribution >= 4 is 40.7 Å². The molecule has 0 heterocycles. The van der Waals surface area contributed by atoms with E-state index in [1.807, 2.05) is 36.4 Å². The Morgan fingerprint density at radius 3 is 2.16 bits per heavy atom. The van der Waals surface area contributed by atoms with E-state index in [1.54, 1.807) is 49.4 Å². The van der Waals surface area contributed by atoms with Gasteiger partial charge in [-0.3, -0.25) is 14.4 Å². The lowest BCUT2D eigenvalue weighted by atomic mass is 10.0. The van der Waals surface area contributed by atoms with Gasteiger partial charge in [-0.2, -0.15) is 0 Å². The number of hydrogen-bond donors (Lipinski definition) is 3. The van der Waals surface area contributed by atoms with Crippen molar-refractivity contribution in [2.75, 3.05) is 10.6 Å². The fraction of sp³-hybridized carbons (Fsp3) is 0.160. The molecule has 3 N–H and O–H groups in total. The van der Waals surface area contributed by atoms with Crippen LogP contribution in [0, 0.1) is 0 Å². The van der Waals surface area contributed by atoms with Gasteiger partial charge in [0.15, 0.2) is 0 Å². The molecule has 1 atom stereocenters. The predicted molar refractivity (Wildman–Crippen MR) is 127 cm³/mol. The van der Waals surface area contributed by atoms with E-state index in [0.717, 1.165) is 5.56 Å². The number of anilines is 2. The Labute approximate surface area is 192 Å². The standard InChI is InChI=1S/C25H24ClN3O3/c1-2-23(30)27-19-13-14-20(26)22(15-19)28-24(31)16-21(17-9-5-3-6-10-17)29-25(32)18-11-7-4-8-12-18/h3-15,21H,2,16H2,1H3,(H,27,30)(H,28,31)(H,29,32). The van der Waals surface area contributed by atoms with E-state index in [-0.39, 0.29) is 24.1 Å². The van der Waals surface area contributed by atoms with Crippen molar-refractivity contribution in [1.29, 1.82) is 0 Å². The van der Waals surface area contributed by atoms with Crippen LogP contribution in [-0.4, -0.2) is 17.7 Å². The van der Waals surface area contributed by atoms with Crippen molar-refractivity contribution in [3.05, 3.63) is 95.0 Å². The Hall–Kier alpha value is -3.64. The molecule has 0 fully saturated rings. The largest absolute Gasteiger partial charge is 0.345 e. The van der Waals surface area contributed by atoms with Gasteiger partial charge in [0.05, 0.1) is 23.2 Å². The van der Waals surface area contributed by atoms with Crippen LogP contribution in [0.3, 0.4) is 0 Å². The fourth-order valence-electron chi connectivity index (χ4n) is 3.10. The minimum atomic E-state index is -0.536. The third-order valence-corrected chi connectivity index (χ3v) is 5.11. The lowest BCUT2D eigenvalue weighted by Gasteiger charge is -2.19. The minimum Gasteiger partial charge on any atom is -0.345 e. The quantitative estimate of drug-likeness (QED) is 0.442. The Morgan fingerprint density at radius 2 is 1.50 bits per heavy atom. The minimum absolute atomic E-state index is 0.00443. The smallest absolute Gasteiger partial charge is 0.251 e. The van der Waals surface area contributed by atoms with Crippen molar-refractivity contribution < 1.29 is 14.4 Å². The van der Waals surface area contributed by atoms with Gasteiger partial charge in [-0.15, -0.1) is 0 Å². The maximum absolute atomic E-state index is 12.8. The monoisotopic (exact) mass is 449 g/mol. The highest BCUT2D eigenvalue weighted by atomic mass is 35.5.